The van der Waals surface area contributed by atoms with Crippen molar-refractivity contribution < 1.29 is 4.79 Å². The lowest BCUT2D eigenvalue weighted by molar-refractivity contribution is -0.129. The van der Waals surface area contributed by atoms with Gasteiger partial charge in [0.1, 0.15) is 0 Å². The fourth-order valence-electron chi connectivity index (χ4n) is 2.80. The molecule has 0 radical (unpaired) electrons. The Morgan fingerprint density at radius 1 is 1.33 bits per heavy atom. The lowest BCUT2D eigenvalue weighted by Gasteiger charge is -2.32. The number of carbonyl (C=O) groups is 1. The third-order valence-corrected chi connectivity index (χ3v) is 5.82. The summed E-state index contributed by atoms with van der Waals surface area (Å²) in [4.78, 5) is 14.3. The van der Waals surface area contributed by atoms with E-state index in [1.165, 1.54) is 6.42 Å². The zero-order chi connectivity index (χ0) is 16.7. The number of hydrogen-bond donors (Lipinski definition) is 1. The van der Waals surface area contributed by atoms with Crippen molar-refractivity contribution in [3.63, 3.8) is 0 Å². The van der Waals surface area contributed by atoms with Gasteiger partial charge in [0.15, 0.2) is 0 Å². The van der Waals surface area contributed by atoms with Crippen molar-refractivity contribution in [2.75, 3.05) is 32.4 Å². The first-order chi connectivity index (χ1) is 11.1. The summed E-state index contributed by atoms with van der Waals surface area (Å²) >= 11 is 13.7. The first-order valence-corrected chi connectivity index (χ1v) is 9.95. The number of piperidine rings is 1. The number of likely N-dealkylation sites (tertiary alicyclic amines) is 1. The van der Waals surface area contributed by atoms with Gasteiger partial charge in [-0.05, 0) is 56.5 Å². The van der Waals surface area contributed by atoms with Crippen LogP contribution in [0.15, 0.2) is 18.2 Å². The number of halogens is 3. The van der Waals surface area contributed by atoms with Gasteiger partial charge in [0.05, 0.1) is 5.75 Å². The maximum absolute atomic E-state index is 12.3. The molecule has 0 aromatic heterocycles. The Morgan fingerprint density at radius 2 is 2.04 bits per heavy atom. The molecular formula is C17H25Cl3N2OS. The minimum atomic E-state index is 0. The average molecular weight is 412 g/mol. The number of nitrogens with one attached hydrogen (secondary N) is 1. The van der Waals surface area contributed by atoms with E-state index in [1.54, 1.807) is 17.8 Å². The van der Waals surface area contributed by atoms with E-state index in [2.05, 4.69) is 5.32 Å². The smallest absolute Gasteiger partial charge is 0.232 e. The first-order valence-electron chi connectivity index (χ1n) is 8.04. The molecule has 0 bridgehead atoms. The molecule has 3 nitrogen and oxygen atoms in total. The molecule has 0 aliphatic carbocycles. The van der Waals surface area contributed by atoms with Crippen LogP contribution in [0.3, 0.4) is 0 Å². The van der Waals surface area contributed by atoms with Crippen LogP contribution >= 0.6 is 47.4 Å². The van der Waals surface area contributed by atoms with Crippen LogP contribution in [0.2, 0.25) is 10.0 Å². The molecule has 1 aliphatic heterocycles. The van der Waals surface area contributed by atoms with E-state index in [-0.39, 0.29) is 18.3 Å². The molecule has 0 atom stereocenters. The first kappa shape index (κ1) is 21.9. The van der Waals surface area contributed by atoms with E-state index in [1.807, 2.05) is 24.1 Å². The number of nitrogens with zero attached hydrogens (tertiary/aromatic N) is 1. The Hall–Kier alpha value is -0.130. The van der Waals surface area contributed by atoms with Crippen LogP contribution in [-0.2, 0) is 10.5 Å². The molecule has 136 valence electrons. The van der Waals surface area contributed by atoms with Gasteiger partial charge in [-0.25, -0.2) is 0 Å². The lowest BCUT2D eigenvalue weighted by atomic mass is 9.93. The highest BCUT2D eigenvalue weighted by Gasteiger charge is 2.22. The van der Waals surface area contributed by atoms with Gasteiger partial charge in [-0.2, -0.15) is 0 Å². The Morgan fingerprint density at radius 3 is 2.67 bits per heavy atom. The van der Waals surface area contributed by atoms with E-state index >= 15 is 0 Å². The average Bonchev–Trinajstić information content (AvgIpc) is 2.55. The molecule has 1 aromatic rings. The highest BCUT2D eigenvalue weighted by molar-refractivity contribution is 7.99. The van der Waals surface area contributed by atoms with Gasteiger partial charge >= 0.3 is 0 Å². The fourth-order valence-corrected chi connectivity index (χ4v) is 4.28. The number of carbonyl (C=O) groups excluding carboxylic acids is 1. The van der Waals surface area contributed by atoms with Gasteiger partial charge < -0.3 is 10.2 Å². The molecule has 1 saturated heterocycles. The molecule has 1 fully saturated rings. The maximum Gasteiger partial charge on any atom is 0.232 e. The summed E-state index contributed by atoms with van der Waals surface area (Å²) in [5.74, 6) is 2.25. The maximum atomic E-state index is 12.3. The van der Waals surface area contributed by atoms with Crippen molar-refractivity contribution in [3.8, 4) is 0 Å². The second-order valence-electron chi connectivity index (χ2n) is 5.94. The molecule has 1 N–H and O–H groups in total. The molecule has 0 unspecified atom stereocenters. The van der Waals surface area contributed by atoms with E-state index in [4.69, 9.17) is 23.2 Å². The second kappa shape index (κ2) is 11.5. The number of amides is 1. The van der Waals surface area contributed by atoms with Gasteiger partial charge in [0, 0.05) is 28.9 Å². The van der Waals surface area contributed by atoms with Crippen molar-refractivity contribution in [3.05, 3.63) is 33.8 Å². The van der Waals surface area contributed by atoms with Gasteiger partial charge in [0.2, 0.25) is 5.91 Å². The van der Waals surface area contributed by atoms with Gasteiger partial charge in [-0.1, -0.05) is 29.3 Å². The summed E-state index contributed by atoms with van der Waals surface area (Å²) in [5, 5.41) is 4.51. The van der Waals surface area contributed by atoms with E-state index in [9.17, 15) is 4.79 Å². The van der Waals surface area contributed by atoms with Crippen LogP contribution < -0.4 is 5.32 Å². The van der Waals surface area contributed by atoms with Crippen LogP contribution in [0.5, 0.6) is 0 Å². The van der Waals surface area contributed by atoms with Gasteiger partial charge in [-0.3, -0.25) is 4.79 Å². The van der Waals surface area contributed by atoms with Crippen molar-refractivity contribution in [2.45, 2.75) is 25.0 Å². The molecule has 1 amide bonds. The van der Waals surface area contributed by atoms with Crippen molar-refractivity contribution in [2.24, 2.45) is 5.92 Å². The molecule has 1 aromatic carbocycles. The Kier molecular flexibility index (Phi) is 10.5. The highest BCUT2D eigenvalue weighted by Crippen LogP contribution is 2.25. The normalized spacial score (nSPS) is 15.2. The standard InChI is InChI=1S/C17H24Cl2N2OS.ClH/c1-20-7-4-13-5-8-21(9-6-13)17(22)12-23-11-14-2-3-15(18)10-16(14)19;/h2-3,10,13,20H,4-9,11-12H2,1H3;1H. The minimum Gasteiger partial charge on any atom is -0.342 e. The number of rotatable bonds is 7. The molecular weight excluding hydrogens is 387 g/mol. The third kappa shape index (κ3) is 7.01. The Labute approximate surface area is 165 Å². The van der Waals surface area contributed by atoms with Crippen LogP contribution in [0, 0.1) is 5.92 Å². The lowest BCUT2D eigenvalue weighted by Crippen LogP contribution is -2.39. The summed E-state index contributed by atoms with van der Waals surface area (Å²) < 4.78 is 0. The van der Waals surface area contributed by atoms with Crippen LogP contribution in [0.25, 0.3) is 0 Å². The molecule has 0 spiro atoms. The predicted molar refractivity (Wildman–Crippen MR) is 108 cm³/mol. The molecule has 24 heavy (non-hydrogen) atoms. The highest BCUT2D eigenvalue weighted by atomic mass is 35.5. The van der Waals surface area contributed by atoms with Crippen molar-refractivity contribution in [1.29, 1.82) is 0 Å². The SMILES string of the molecule is CNCCC1CCN(C(=O)CSCc2ccc(Cl)cc2Cl)CC1.Cl. The van der Waals surface area contributed by atoms with Crippen molar-refractivity contribution in [1.82, 2.24) is 10.2 Å². The largest absolute Gasteiger partial charge is 0.342 e. The van der Waals surface area contributed by atoms with E-state index < -0.39 is 0 Å². The van der Waals surface area contributed by atoms with E-state index in [0.717, 1.165) is 49.7 Å². The minimum absolute atomic E-state index is 0. The Balaban J connectivity index is 0.00000288. The molecule has 0 saturated carbocycles. The zero-order valence-corrected chi connectivity index (χ0v) is 17.0. The summed E-state index contributed by atoms with van der Waals surface area (Å²) in [6, 6.07) is 5.51. The molecule has 2 rings (SSSR count). The molecule has 1 aliphatic rings. The third-order valence-electron chi connectivity index (χ3n) is 4.27. The van der Waals surface area contributed by atoms with Gasteiger partial charge in [-0.15, -0.1) is 24.2 Å². The summed E-state index contributed by atoms with van der Waals surface area (Å²) in [7, 11) is 1.99. The fraction of sp³-hybridized carbons (Fsp3) is 0.588. The quantitative estimate of drug-likeness (QED) is 0.717. The predicted octanol–water partition coefficient (Wildman–Crippen LogP) is 4.50. The van der Waals surface area contributed by atoms with E-state index in [0.29, 0.717) is 15.8 Å². The zero-order valence-electron chi connectivity index (χ0n) is 13.9. The van der Waals surface area contributed by atoms with Crippen LogP contribution in [-0.4, -0.2) is 43.2 Å². The summed E-state index contributed by atoms with van der Waals surface area (Å²) in [6.45, 7) is 2.86. The van der Waals surface area contributed by atoms with Crippen molar-refractivity contribution >= 4 is 53.3 Å². The monoisotopic (exact) mass is 410 g/mol. The second-order valence-corrected chi connectivity index (χ2v) is 7.77. The number of thioether (sulfide) groups is 1. The number of hydrogen-bond acceptors (Lipinski definition) is 3. The van der Waals surface area contributed by atoms with Gasteiger partial charge in [0.25, 0.3) is 0 Å². The summed E-state index contributed by atoms with van der Waals surface area (Å²) in [5.41, 5.74) is 1.03. The molecule has 7 heteroatoms. The topological polar surface area (TPSA) is 32.3 Å². The number of benzene rings is 1. The molecule has 1 heterocycles. The van der Waals surface area contributed by atoms with Crippen LogP contribution in [0.4, 0.5) is 0 Å². The van der Waals surface area contributed by atoms with Crippen LogP contribution in [0.1, 0.15) is 24.8 Å². The summed E-state index contributed by atoms with van der Waals surface area (Å²) in [6.07, 6.45) is 3.46. The Bertz CT molecular complexity index is 523.